The highest BCUT2D eigenvalue weighted by Crippen LogP contribution is 2.23. The molecular formula is C13H13N3O2S2. The molecule has 0 bridgehead atoms. The van der Waals surface area contributed by atoms with Crippen LogP contribution in [0.4, 0.5) is 5.69 Å². The number of pyridine rings is 1. The largest absolute Gasteiger partial charge is 0.305 e. The molecule has 0 unspecified atom stereocenters. The average Bonchev–Trinajstić information content (AvgIpc) is 2.93. The molecule has 0 aliphatic carbocycles. The van der Waals surface area contributed by atoms with Crippen LogP contribution < -0.4 is 4.72 Å². The second kappa shape index (κ2) is 4.60. The molecule has 0 aliphatic rings. The summed E-state index contributed by atoms with van der Waals surface area (Å²) < 4.78 is 29.2. The molecule has 1 N–H and O–H groups in total. The summed E-state index contributed by atoms with van der Waals surface area (Å²) in [5.74, 6) is 0. The van der Waals surface area contributed by atoms with Crippen molar-refractivity contribution >= 4 is 32.7 Å². The molecular weight excluding hydrogens is 294 g/mol. The molecule has 0 saturated carbocycles. The lowest BCUT2D eigenvalue weighted by molar-refractivity contribution is 0.603. The van der Waals surface area contributed by atoms with Crippen molar-refractivity contribution in [3.63, 3.8) is 0 Å². The van der Waals surface area contributed by atoms with Crippen LogP contribution in [0, 0.1) is 13.8 Å². The van der Waals surface area contributed by atoms with E-state index < -0.39 is 10.0 Å². The molecule has 0 fully saturated rings. The first-order valence-corrected chi connectivity index (χ1v) is 8.29. The highest BCUT2D eigenvalue weighted by molar-refractivity contribution is 7.94. The van der Waals surface area contributed by atoms with Gasteiger partial charge < -0.3 is 4.40 Å². The summed E-state index contributed by atoms with van der Waals surface area (Å²) in [6.45, 7) is 3.77. The second-order valence-electron chi connectivity index (χ2n) is 4.54. The molecule has 5 nitrogen and oxygen atoms in total. The van der Waals surface area contributed by atoms with Crippen molar-refractivity contribution in [2.75, 3.05) is 4.72 Å². The highest BCUT2D eigenvalue weighted by Gasteiger charge is 2.16. The number of fused-ring (bicyclic) bond motifs is 1. The molecule has 0 amide bonds. The molecule has 3 rings (SSSR count). The summed E-state index contributed by atoms with van der Waals surface area (Å²) in [6, 6.07) is 6.90. The van der Waals surface area contributed by atoms with Crippen molar-refractivity contribution in [2.24, 2.45) is 0 Å². The zero-order valence-corrected chi connectivity index (χ0v) is 12.6. The van der Waals surface area contributed by atoms with Crippen LogP contribution in [-0.4, -0.2) is 17.8 Å². The van der Waals surface area contributed by atoms with Crippen molar-refractivity contribution in [1.29, 1.82) is 0 Å². The van der Waals surface area contributed by atoms with Crippen molar-refractivity contribution in [3.8, 4) is 0 Å². The zero-order chi connectivity index (χ0) is 14.3. The SMILES string of the molecule is Cc1cn2cc(NS(=O)(=O)c3ccc(C)s3)ccc2n1. The van der Waals surface area contributed by atoms with E-state index in [4.69, 9.17) is 0 Å². The van der Waals surface area contributed by atoms with Crippen molar-refractivity contribution in [1.82, 2.24) is 9.38 Å². The Morgan fingerprint density at radius 1 is 1.15 bits per heavy atom. The number of aromatic nitrogens is 2. The molecule has 3 heterocycles. The first kappa shape index (κ1) is 13.1. The molecule has 0 atom stereocenters. The first-order chi connectivity index (χ1) is 9.44. The van der Waals surface area contributed by atoms with Crippen molar-refractivity contribution < 1.29 is 8.42 Å². The fourth-order valence-corrected chi connectivity index (χ4v) is 4.27. The molecule has 0 aromatic carbocycles. The minimum atomic E-state index is -3.52. The van der Waals surface area contributed by atoms with Gasteiger partial charge in [0.05, 0.1) is 11.4 Å². The van der Waals surface area contributed by atoms with Gasteiger partial charge >= 0.3 is 0 Å². The van der Waals surface area contributed by atoms with E-state index in [9.17, 15) is 8.42 Å². The monoisotopic (exact) mass is 307 g/mol. The fourth-order valence-electron chi connectivity index (χ4n) is 1.94. The summed E-state index contributed by atoms with van der Waals surface area (Å²) in [6.07, 6.45) is 3.57. The maximum atomic E-state index is 12.2. The molecule has 0 spiro atoms. The van der Waals surface area contributed by atoms with E-state index >= 15 is 0 Å². The lowest BCUT2D eigenvalue weighted by atomic mass is 10.4. The smallest absolute Gasteiger partial charge is 0.271 e. The van der Waals surface area contributed by atoms with E-state index in [1.165, 1.54) is 11.3 Å². The Hall–Kier alpha value is -1.86. The molecule has 3 aromatic rings. The number of aryl methyl sites for hydroxylation is 2. The van der Waals surface area contributed by atoms with Gasteiger partial charge in [-0.2, -0.15) is 0 Å². The van der Waals surface area contributed by atoms with E-state index in [1.807, 2.05) is 20.0 Å². The van der Waals surface area contributed by atoms with Gasteiger partial charge in [0.2, 0.25) is 0 Å². The van der Waals surface area contributed by atoms with Crippen molar-refractivity contribution in [2.45, 2.75) is 18.1 Å². The number of nitrogens with one attached hydrogen (secondary N) is 1. The third-order valence-electron chi connectivity index (χ3n) is 2.80. The van der Waals surface area contributed by atoms with Crippen LogP contribution >= 0.6 is 11.3 Å². The van der Waals surface area contributed by atoms with Gasteiger partial charge in [0.25, 0.3) is 10.0 Å². The average molecular weight is 307 g/mol. The summed E-state index contributed by atoms with van der Waals surface area (Å²) >= 11 is 1.25. The predicted molar refractivity (Wildman–Crippen MR) is 79.8 cm³/mol. The maximum Gasteiger partial charge on any atom is 0.271 e. The molecule has 0 aliphatic heterocycles. The number of sulfonamides is 1. The summed E-state index contributed by atoms with van der Waals surface area (Å²) in [7, 11) is -3.52. The normalized spacial score (nSPS) is 11.9. The van der Waals surface area contributed by atoms with Crippen LogP contribution in [0.15, 0.2) is 40.9 Å². The van der Waals surface area contributed by atoms with E-state index in [2.05, 4.69) is 9.71 Å². The molecule has 7 heteroatoms. The number of hydrogen-bond donors (Lipinski definition) is 1. The zero-order valence-electron chi connectivity index (χ0n) is 11.0. The van der Waals surface area contributed by atoms with Gasteiger partial charge in [-0.05, 0) is 38.1 Å². The summed E-state index contributed by atoms with van der Waals surface area (Å²) in [4.78, 5) is 5.26. The number of rotatable bonds is 3. The molecule has 0 radical (unpaired) electrons. The second-order valence-corrected chi connectivity index (χ2v) is 7.73. The number of hydrogen-bond acceptors (Lipinski definition) is 4. The van der Waals surface area contributed by atoms with Crippen LogP contribution in [0.25, 0.3) is 5.65 Å². The molecule has 104 valence electrons. The predicted octanol–water partition coefficient (Wildman–Crippen LogP) is 2.81. The first-order valence-electron chi connectivity index (χ1n) is 5.99. The highest BCUT2D eigenvalue weighted by atomic mass is 32.2. The quantitative estimate of drug-likeness (QED) is 0.809. The Kier molecular flexibility index (Phi) is 3.02. The van der Waals surface area contributed by atoms with Gasteiger partial charge in [0.1, 0.15) is 9.86 Å². The lowest BCUT2D eigenvalue weighted by Crippen LogP contribution is -2.11. The minimum absolute atomic E-state index is 0.317. The van der Waals surface area contributed by atoms with Crippen LogP contribution in [0.3, 0.4) is 0 Å². The number of imidazole rings is 1. The summed E-state index contributed by atoms with van der Waals surface area (Å²) in [5.41, 5.74) is 2.19. The molecule has 0 saturated heterocycles. The Morgan fingerprint density at radius 3 is 2.65 bits per heavy atom. The summed E-state index contributed by atoms with van der Waals surface area (Å²) in [5, 5.41) is 0. The van der Waals surface area contributed by atoms with E-state index in [0.29, 0.717) is 9.90 Å². The lowest BCUT2D eigenvalue weighted by Gasteiger charge is -2.06. The van der Waals surface area contributed by atoms with E-state index in [-0.39, 0.29) is 0 Å². The van der Waals surface area contributed by atoms with Gasteiger partial charge in [-0.3, -0.25) is 4.72 Å². The molecule has 3 aromatic heterocycles. The van der Waals surface area contributed by atoms with Gasteiger partial charge in [0, 0.05) is 17.3 Å². The third kappa shape index (κ3) is 2.41. The molecule has 20 heavy (non-hydrogen) atoms. The van der Waals surface area contributed by atoms with Gasteiger partial charge in [-0.15, -0.1) is 11.3 Å². The fraction of sp³-hybridized carbons (Fsp3) is 0.154. The number of thiophene rings is 1. The van der Waals surface area contributed by atoms with Crippen LogP contribution in [-0.2, 0) is 10.0 Å². The van der Waals surface area contributed by atoms with E-state index in [0.717, 1.165) is 16.2 Å². The van der Waals surface area contributed by atoms with Crippen LogP contribution in [0.2, 0.25) is 0 Å². The van der Waals surface area contributed by atoms with Gasteiger partial charge in [0.15, 0.2) is 0 Å². The Labute approximate surface area is 121 Å². The van der Waals surface area contributed by atoms with Gasteiger partial charge in [-0.25, -0.2) is 13.4 Å². The van der Waals surface area contributed by atoms with Crippen LogP contribution in [0.5, 0.6) is 0 Å². The Bertz CT molecular complexity index is 878. The van der Waals surface area contributed by atoms with Crippen LogP contribution in [0.1, 0.15) is 10.6 Å². The number of anilines is 1. The third-order valence-corrected chi connectivity index (χ3v) is 5.68. The van der Waals surface area contributed by atoms with Crippen molar-refractivity contribution in [3.05, 3.63) is 47.2 Å². The number of nitrogens with zero attached hydrogens (tertiary/aromatic N) is 2. The standard InChI is InChI=1S/C13H13N3O2S2/c1-9-7-16-8-11(4-5-12(16)14-9)15-20(17,18)13-6-3-10(2)19-13/h3-8,15H,1-2H3. The Morgan fingerprint density at radius 2 is 1.95 bits per heavy atom. The maximum absolute atomic E-state index is 12.2. The minimum Gasteiger partial charge on any atom is -0.305 e. The Balaban J connectivity index is 1.96. The van der Waals surface area contributed by atoms with Gasteiger partial charge in [-0.1, -0.05) is 0 Å². The topological polar surface area (TPSA) is 63.5 Å². The van der Waals surface area contributed by atoms with E-state index in [1.54, 1.807) is 34.9 Å².